The molecular formula is C15H14N6O2S. The SMILES string of the molecule is CCn1cc(C#N)c(=O)n(Cc2csc(-c3cnn(C)c3)n2)c1=O. The maximum Gasteiger partial charge on any atom is 0.331 e. The molecule has 0 spiro atoms. The molecule has 0 fully saturated rings. The molecule has 0 unspecified atom stereocenters. The number of rotatable bonds is 4. The Morgan fingerprint density at radius 1 is 1.33 bits per heavy atom. The van der Waals surface area contributed by atoms with Gasteiger partial charge in [-0.3, -0.25) is 18.6 Å². The lowest BCUT2D eigenvalue weighted by Crippen LogP contribution is -2.41. The topological polar surface area (TPSA) is 98.5 Å². The summed E-state index contributed by atoms with van der Waals surface area (Å²) in [5, 5.41) is 15.7. The van der Waals surface area contributed by atoms with Crippen LogP contribution in [0.4, 0.5) is 0 Å². The third-order valence-electron chi connectivity index (χ3n) is 3.52. The molecule has 122 valence electrons. The summed E-state index contributed by atoms with van der Waals surface area (Å²) in [6.45, 7) is 2.19. The van der Waals surface area contributed by atoms with Gasteiger partial charge in [-0.15, -0.1) is 11.3 Å². The molecule has 3 aromatic rings. The molecule has 8 nitrogen and oxygen atoms in total. The first kappa shape index (κ1) is 15.9. The highest BCUT2D eigenvalue weighted by Crippen LogP contribution is 2.22. The van der Waals surface area contributed by atoms with Crippen LogP contribution in [0, 0.1) is 11.3 Å². The number of thiazole rings is 1. The van der Waals surface area contributed by atoms with Gasteiger partial charge in [0.15, 0.2) is 0 Å². The van der Waals surface area contributed by atoms with E-state index >= 15 is 0 Å². The molecule has 24 heavy (non-hydrogen) atoms. The molecule has 0 aliphatic carbocycles. The summed E-state index contributed by atoms with van der Waals surface area (Å²) >= 11 is 1.41. The lowest BCUT2D eigenvalue weighted by molar-refractivity contribution is 0.593. The highest BCUT2D eigenvalue weighted by atomic mass is 32.1. The Morgan fingerprint density at radius 3 is 2.75 bits per heavy atom. The van der Waals surface area contributed by atoms with Crippen LogP contribution in [0.15, 0.2) is 33.6 Å². The van der Waals surface area contributed by atoms with Gasteiger partial charge in [0.25, 0.3) is 5.56 Å². The maximum absolute atomic E-state index is 12.4. The minimum Gasteiger partial charge on any atom is -0.299 e. The second-order valence-corrected chi connectivity index (χ2v) is 6.02. The molecule has 3 heterocycles. The molecule has 3 rings (SSSR count). The Balaban J connectivity index is 2.01. The first-order chi connectivity index (χ1) is 11.5. The van der Waals surface area contributed by atoms with Crippen LogP contribution in [0.1, 0.15) is 18.2 Å². The van der Waals surface area contributed by atoms with Gasteiger partial charge >= 0.3 is 5.69 Å². The summed E-state index contributed by atoms with van der Waals surface area (Å²) in [5.74, 6) is 0. The molecule has 0 amide bonds. The van der Waals surface area contributed by atoms with E-state index in [-0.39, 0.29) is 12.1 Å². The van der Waals surface area contributed by atoms with Gasteiger partial charge in [0, 0.05) is 36.9 Å². The van der Waals surface area contributed by atoms with Crippen LogP contribution >= 0.6 is 11.3 Å². The van der Waals surface area contributed by atoms with Crippen LogP contribution < -0.4 is 11.2 Å². The Kier molecular flexibility index (Phi) is 4.14. The molecule has 3 aromatic heterocycles. The van der Waals surface area contributed by atoms with Gasteiger partial charge < -0.3 is 0 Å². The van der Waals surface area contributed by atoms with E-state index in [9.17, 15) is 9.59 Å². The van der Waals surface area contributed by atoms with Crippen molar-refractivity contribution in [2.75, 3.05) is 0 Å². The second-order valence-electron chi connectivity index (χ2n) is 5.16. The van der Waals surface area contributed by atoms with E-state index in [0.29, 0.717) is 12.2 Å². The van der Waals surface area contributed by atoms with Gasteiger partial charge in [-0.1, -0.05) is 0 Å². The minimum absolute atomic E-state index is 0.0317. The molecule has 9 heteroatoms. The van der Waals surface area contributed by atoms with Crippen LogP contribution in [-0.2, 0) is 20.1 Å². The number of aromatic nitrogens is 5. The van der Waals surface area contributed by atoms with Gasteiger partial charge in [0.2, 0.25) is 0 Å². The molecule has 0 bridgehead atoms. The van der Waals surface area contributed by atoms with E-state index in [2.05, 4.69) is 10.1 Å². The monoisotopic (exact) mass is 342 g/mol. The minimum atomic E-state index is -0.594. The Hall–Kier alpha value is -2.99. The molecular weight excluding hydrogens is 328 g/mol. The smallest absolute Gasteiger partial charge is 0.299 e. The highest BCUT2D eigenvalue weighted by molar-refractivity contribution is 7.13. The van der Waals surface area contributed by atoms with Crippen LogP contribution in [0.3, 0.4) is 0 Å². The molecule has 0 radical (unpaired) electrons. The van der Waals surface area contributed by atoms with Crippen LogP contribution in [-0.4, -0.2) is 23.9 Å². The quantitative estimate of drug-likeness (QED) is 0.698. The van der Waals surface area contributed by atoms with E-state index in [4.69, 9.17) is 5.26 Å². The first-order valence-corrected chi connectivity index (χ1v) is 8.09. The average Bonchev–Trinajstić information content (AvgIpc) is 3.20. The maximum atomic E-state index is 12.4. The molecule has 0 aliphatic rings. The lowest BCUT2D eigenvalue weighted by Gasteiger charge is -2.07. The Bertz CT molecular complexity index is 1050. The van der Waals surface area contributed by atoms with E-state index in [1.54, 1.807) is 23.2 Å². The van der Waals surface area contributed by atoms with Crippen molar-refractivity contribution < 1.29 is 0 Å². The standard InChI is InChI=1S/C15H14N6O2S/c1-3-20-7-10(4-16)14(22)21(15(20)23)8-12-9-24-13(18-12)11-5-17-19(2)6-11/h5-7,9H,3,8H2,1-2H3. The summed E-state index contributed by atoms with van der Waals surface area (Å²) in [5.41, 5.74) is 0.369. The zero-order chi connectivity index (χ0) is 17.3. The summed E-state index contributed by atoms with van der Waals surface area (Å²) in [7, 11) is 1.82. The van der Waals surface area contributed by atoms with Crippen molar-refractivity contribution in [3.8, 4) is 16.6 Å². The molecule has 0 atom stereocenters. The van der Waals surface area contributed by atoms with E-state index < -0.39 is 11.2 Å². The van der Waals surface area contributed by atoms with Crippen molar-refractivity contribution in [1.82, 2.24) is 23.9 Å². The Labute approximate surface area is 140 Å². The van der Waals surface area contributed by atoms with Crippen LogP contribution in [0.2, 0.25) is 0 Å². The summed E-state index contributed by atoms with van der Waals surface area (Å²) in [6.07, 6.45) is 4.84. The van der Waals surface area contributed by atoms with Gasteiger partial charge in [0.1, 0.15) is 16.6 Å². The molecule has 0 aliphatic heterocycles. The van der Waals surface area contributed by atoms with Gasteiger partial charge in [-0.2, -0.15) is 10.4 Å². The predicted molar refractivity (Wildman–Crippen MR) is 88.8 cm³/mol. The van der Waals surface area contributed by atoms with Crippen molar-refractivity contribution >= 4 is 11.3 Å². The van der Waals surface area contributed by atoms with Crippen molar-refractivity contribution in [1.29, 1.82) is 5.26 Å². The molecule has 0 aromatic carbocycles. The molecule has 0 N–H and O–H groups in total. The lowest BCUT2D eigenvalue weighted by atomic mass is 10.3. The highest BCUT2D eigenvalue weighted by Gasteiger charge is 2.13. The zero-order valence-corrected chi connectivity index (χ0v) is 13.9. The van der Waals surface area contributed by atoms with Crippen molar-refractivity contribution in [2.24, 2.45) is 7.05 Å². The summed E-state index contributed by atoms with van der Waals surface area (Å²) in [6, 6.07) is 1.84. The van der Waals surface area contributed by atoms with Gasteiger partial charge in [-0.05, 0) is 6.92 Å². The zero-order valence-electron chi connectivity index (χ0n) is 13.1. The first-order valence-electron chi connectivity index (χ1n) is 7.21. The van der Waals surface area contributed by atoms with Crippen LogP contribution in [0.25, 0.3) is 10.6 Å². The van der Waals surface area contributed by atoms with Crippen molar-refractivity contribution in [2.45, 2.75) is 20.0 Å². The fourth-order valence-corrected chi connectivity index (χ4v) is 3.09. The summed E-state index contributed by atoms with van der Waals surface area (Å²) in [4.78, 5) is 29.1. The predicted octanol–water partition coefficient (Wildman–Crippen LogP) is 0.807. The largest absolute Gasteiger partial charge is 0.331 e. The Morgan fingerprint density at radius 2 is 2.12 bits per heavy atom. The number of aryl methyl sites for hydroxylation is 2. The number of nitrogens with zero attached hydrogens (tertiary/aromatic N) is 6. The number of hydrogen-bond acceptors (Lipinski definition) is 6. The average molecular weight is 342 g/mol. The van der Waals surface area contributed by atoms with Gasteiger partial charge in [-0.25, -0.2) is 9.78 Å². The van der Waals surface area contributed by atoms with Crippen molar-refractivity contribution in [3.63, 3.8) is 0 Å². The molecule has 0 saturated heterocycles. The second kappa shape index (κ2) is 6.25. The van der Waals surface area contributed by atoms with E-state index in [1.807, 2.05) is 19.3 Å². The van der Waals surface area contributed by atoms with E-state index in [1.165, 1.54) is 22.1 Å². The molecule has 0 saturated carbocycles. The van der Waals surface area contributed by atoms with Crippen molar-refractivity contribution in [3.05, 3.63) is 56.1 Å². The fourth-order valence-electron chi connectivity index (χ4n) is 2.30. The number of nitriles is 1. The third kappa shape index (κ3) is 2.79. The van der Waals surface area contributed by atoms with Crippen LogP contribution in [0.5, 0.6) is 0 Å². The van der Waals surface area contributed by atoms with E-state index in [0.717, 1.165) is 15.1 Å². The normalized spacial score (nSPS) is 10.7. The fraction of sp³-hybridized carbons (Fsp3) is 0.267. The number of hydrogen-bond donors (Lipinski definition) is 0. The van der Waals surface area contributed by atoms with Gasteiger partial charge in [0.05, 0.1) is 18.4 Å². The summed E-state index contributed by atoms with van der Waals surface area (Å²) < 4.78 is 4.07. The third-order valence-corrected chi connectivity index (χ3v) is 4.46.